The molecule has 0 aliphatic rings. The molecule has 0 fully saturated rings. The van der Waals surface area contributed by atoms with Crippen molar-refractivity contribution in [3.05, 3.63) is 22.5 Å². The lowest BCUT2D eigenvalue weighted by atomic mass is 10.2. The summed E-state index contributed by atoms with van der Waals surface area (Å²) in [5.74, 6) is -3.17. The van der Waals surface area contributed by atoms with Crippen LogP contribution in [0.5, 0.6) is 5.75 Å². The molecule has 20 heavy (non-hydrogen) atoms. The summed E-state index contributed by atoms with van der Waals surface area (Å²) in [7, 11) is 0. The molecule has 0 bridgehead atoms. The van der Waals surface area contributed by atoms with Crippen LogP contribution in [0.25, 0.3) is 0 Å². The van der Waals surface area contributed by atoms with Gasteiger partial charge in [0.15, 0.2) is 11.4 Å². The summed E-state index contributed by atoms with van der Waals surface area (Å²) < 4.78 is 76.9. The number of hydrogen-bond donors (Lipinski definition) is 1. The number of carboxylic acid groups (broad SMARTS) is 1. The predicted octanol–water partition coefficient (Wildman–Crippen LogP) is 3.28. The van der Waals surface area contributed by atoms with E-state index < -0.39 is 47.1 Å². The van der Waals surface area contributed by atoms with Crippen LogP contribution in [0.1, 0.15) is 11.3 Å². The maximum atomic E-state index is 12.5. The Morgan fingerprint density at radius 2 is 1.85 bits per heavy atom. The van der Waals surface area contributed by atoms with Crippen LogP contribution in [0, 0.1) is 0 Å². The third-order valence-corrected chi connectivity index (χ3v) is 2.18. The molecule has 1 aromatic rings. The molecule has 1 N–H and O–H groups in total. The smallest absolute Gasteiger partial charge is 0.481 e. The standard InChI is InChI=1S/C9H4ClF6NO3/c10-7-3(2-5(18)19)1-4(20-9(14,15)16)6(17-7)8(11,12)13/h1H,2H2,(H,18,19). The molecule has 0 aromatic carbocycles. The molecule has 0 saturated heterocycles. The number of ether oxygens (including phenoxy) is 1. The van der Waals surface area contributed by atoms with E-state index in [0.29, 0.717) is 0 Å². The summed E-state index contributed by atoms with van der Waals surface area (Å²) in [5.41, 5.74) is -2.53. The minimum Gasteiger partial charge on any atom is -0.481 e. The largest absolute Gasteiger partial charge is 0.573 e. The van der Waals surface area contributed by atoms with Crippen LogP contribution in [0.2, 0.25) is 5.15 Å². The predicted molar refractivity (Wildman–Crippen MR) is 52.3 cm³/mol. The van der Waals surface area contributed by atoms with E-state index in [0.717, 1.165) is 0 Å². The number of nitrogens with zero attached hydrogens (tertiary/aromatic N) is 1. The van der Waals surface area contributed by atoms with Crippen LogP contribution in [-0.4, -0.2) is 22.4 Å². The summed E-state index contributed by atoms with van der Waals surface area (Å²) in [6.45, 7) is 0. The third kappa shape index (κ3) is 4.44. The van der Waals surface area contributed by atoms with Crippen LogP contribution in [0.3, 0.4) is 0 Å². The third-order valence-electron chi connectivity index (χ3n) is 1.85. The Kier molecular flexibility index (Phi) is 4.37. The van der Waals surface area contributed by atoms with Gasteiger partial charge >= 0.3 is 18.5 Å². The highest BCUT2D eigenvalue weighted by Crippen LogP contribution is 2.39. The number of carbonyl (C=O) groups is 1. The lowest BCUT2D eigenvalue weighted by Crippen LogP contribution is -2.21. The summed E-state index contributed by atoms with van der Waals surface area (Å²) in [6, 6.07) is 0.250. The number of halogens is 7. The maximum absolute atomic E-state index is 12.5. The lowest BCUT2D eigenvalue weighted by Gasteiger charge is -2.16. The molecule has 0 atom stereocenters. The minimum atomic E-state index is -5.39. The van der Waals surface area contributed by atoms with Gasteiger partial charge in [0.1, 0.15) is 5.15 Å². The normalized spacial score (nSPS) is 12.3. The van der Waals surface area contributed by atoms with Gasteiger partial charge in [0, 0.05) is 5.56 Å². The lowest BCUT2D eigenvalue weighted by molar-refractivity contribution is -0.276. The fraction of sp³-hybridized carbons (Fsp3) is 0.333. The quantitative estimate of drug-likeness (QED) is 0.685. The zero-order valence-corrected chi connectivity index (χ0v) is 9.90. The average molecular weight is 324 g/mol. The van der Waals surface area contributed by atoms with Crippen molar-refractivity contribution in [2.45, 2.75) is 19.0 Å². The number of pyridine rings is 1. The van der Waals surface area contributed by atoms with Gasteiger partial charge in [-0.25, -0.2) is 4.98 Å². The number of aliphatic carboxylic acids is 1. The van der Waals surface area contributed by atoms with E-state index in [2.05, 4.69) is 9.72 Å². The van der Waals surface area contributed by atoms with E-state index >= 15 is 0 Å². The fourth-order valence-corrected chi connectivity index (χ4v) is 1.41. The van der Waals surface area contributed by atoms with E-state index in [4.69, 9.17) is 16.7 Å². The summed E-state index contributed by atoms with van der Waals surface area (Å²) >= 11 is 5.31. The first-order valence-electron chi connectivity index (χ1n) is 4.64. The molecule has 11 heteroatoms. The minimum absolute atomic E-state index is 0.250. The van der Waals surface area contributed by atoms with E-state index in [1.54, 1.807) is 0 Å². The summed E-state index contributed by atoms with van der Waals surface area (Å²) in [5, 5.41) is 7.61. The second-order valence-electron chi connectivity index (χ2n) is 3.40. The van der Waals surface area contributed by atoms with Crippen molar-refractivity contribution >= 4 is 17.6 Å². The Morgan fingerprint density at radius 3 is 2.25 bits per heavy atom. The molecule has 0 aliphatic carbocycles. The molecule has 0 aliphatic heterocycles. The van der Waals surface area contributed by atoms with Crippen molar-refractivity contribution in [1.82, 2.24) is 4.98 Å². The van der Waals surface area contributed by atoms with Crippen molar-refractivity contribution < 1.29 is 41.0 Å². The van der Waals surface area contributed by atoms with E-state index in [-0.39, 0.29) is 6.07 Å². The molecular formula is C9H4ClF6NO3. The molecule has 1 aromatic heterocycles. The van der Waals surface area contributed by atoms with Crippen molar-refractivity contribution in [2.75, 3.05) is 0 Å². The highest BCUT2D eigenvalue weighted by atomic mass is 35.5. The van der Waals surface area contributed by atoms with Gasteiger partial charge in [0.25, 0.3) is 0 Å². The Bertz CT molecular complexity index is 528. The first-order chi connectivity index (χ1) is 8.90. The topological polar surface area (TPSA) is 59.4 Å². The highest BCUT2D eigenvalue weighted by Gasteiger charge is 2.41. The van der Waals surface area contributed by atoms with E-state index in [1.807, 2.05) is 0 Å². The molecule has 0 amide bonds. The zero-order valence-electron chi connectivity index (χ0n) is 9.14. The molecule has 4 nitrogen and oxygen atoms in total. The van der Waals surface area contributed by atoms with Gasteiger partial charge in [-0.15, -0.1) is 13.2 Å². The van der Waals surface area contributed by atoms with E-state index in [1.165, 1.54) is 0 Å². The number of rotatable bonds is 3. The number of aromatic nitrogens is 1. The molecule has 1 heterocycles. The second-order valence-corrected chi connectivity index (χ2v) is 3.76. The van der Waals surface area contributed by atoms with Gasteiger partial charge in [-0.3, -0.25) is 4.79 Å². The molecule has 1 rings (SSSR count). The van der Waals surface area contributed by atoms with Gasteiger partial charge in [0.2, 0.25) is 0 Å². The van der Waals surface area contributed by atoms with Gasteiger partial charge < -0.3 is 9.84 Å². The zero-order chi connectivity index (χ0) is 15.7. The van der Waals surface area contributed by atoms with E-state index in [9.17, 15) is 31.1 Å². The van der Waals surface area contributed by atoms with Crippen LogP contribution in [0.4, 0.5) is 26.3 Å². The Hall–Kier alpha value is -1.71. The first-order valence-corrected chi connectivity index (χ1v) is 5.02. The van der Waals surface area contributed by atoms with Crippen molar-refractivity contribution in [1.29, 1.82) is 0 Å². The van der Waals surface area contributed by atoms with Gasteiger partial charge in [-0.05, 0) is 6.07 Å². The van der Waals surface area contributed by atoms with Crippen LogP contribution >= 0.6 is 11.6 Å². The summed E-state index contributed by atoms with van der Waals surface area (Å²) in [6.07, 6.45) is -11.5. The molecule has 0 saturated carbocycles. The van der Waals surface area contributed by atoms with Crippen molar-refractivity contribution in [2.24, 2.45) is 0 Å². The van der Waals surface area contributed by atoms with Gasteiger partial charge in [-0.2, -0.15) is 13.2 Å². The Labute approximate surface area is 111 Å². The molecule has 0 spiro atoms. The van der Waals surface area contributed by atoms with Crippen LogP contribution in [-0.2, 0) is 17.4 Å². The molecule has 112 valence electrons. The second kappa shape index (κ2) is 5.35. The number of hydrogen-bond acceptors (Lipinski definition) is 3. The highest BCUT2D eigenvalue weighted by molar-refractivity contribution is 6.30. The average Bonchev–Trinajstić information content (AvgIpc) is 2.17. The SMILES string of the molecule is O=C(O)Cc1cc(OC(F)(F)F)c(C(F)(F)F)nc1Cl. The molecule has 0 radical (unpaired) electrons. The van der Waals surface area contributed by atoms with Crippen LogP contribution < -0.4 is 4.74 Å². The Morgan fingerprint density at radius 1 is 1.30 bits per heavy atom. The number of alkyl halides is 6. The Balaban J connectivity index is 3.38. The summed E-state index contributed by atoms with van der Waals surface area (Å²) in [4.78, 5) is 13.2. The van der Waals surface area contributed by atoms with Gasteiger partial charge in [0.05, 0.1) is 6.42 Å². The fourth-order valence-electron chi connectivity index (χ4n) is 1.20. The van der Waals surface area contributed by atoms with Gasteiger partial charge in [-0.1, -0.05) is 11.6 Å². The number of carboxylic acids is 1. The van der Waals surface area contributed by atoms with Crippen molar-refractivity contribution in [3.63, 3.8) is 0 Å². The molecule has 0 unspecified atom stereocenters. The first kappa shape index (κ1) is 16.3. The maximum Gasteiger partial charge on any atom is 0.573 e. The van der Waals surface area contributed by atoms with Crippen molar-refractivity contribution in [3.8, 4) is 5.75 Å². The van der Waals surface area contributed by atoms with Crippen LogP contribution in [0.15, 0.2) is 6.07 Å². The molecular weight excluding hydrogens is 320 g/mol. The monoisotopic (exact) mass is 323 g/mol.